The summed E-state index contributed by atoms with van der Waals surface area (Å²) in [5.74, 6) is -0.647. The van der Waals surface area contributed by atoms with E-state index < -0.39 is 32.8 Å². The molecular formula is C6H13NO10P2. The molecule has 0 atom stereocenters. The first-order chi connectivity index (χ1) is 8.37. The Labute approximate surface area is 106 Å². The second-order valence-corrected chi connectivity index (χ2v) is 7.24. The monoisotopic (exact) mass is 321 g/mol. The maximum absolute atomic E-state index is 11.1. The molecular weight excluding hydrogens is 308 g/mol. The predicted octanol–water partition coefficient (Wildman–Crippen LogP) is -0.530. The van der Waals surface area contributed by atoms with E-state index >= 15 is 0 Å². The van der Waals surface area contributed by atoms with Crippen LogP contribution in [-0.4, -0.2) is 58.8 Å². The topological polar surface area (TPSA) is 193 Å². The van der Waals surface area contributed by atoms with Gasteiger partial charge in [-0.05, 0) is 6.42 Å². The van der Waals surface area contributed by atoms with Crippen LogP contribution in [0.1, 0.15) is 12.8 Å². The summed E-state index contributed by atoms with van der Waals surface area (Å²) in [6.07, 6.45) is -1.44. The van der Waals surface area contributed by atoms with Crippen LogP contribution in [0.3, 0.4) is 0 Å². The molecule has 0 aromatic heterocycles. The van der Waals surface area contributed by atoms with Gasteiger partial charge < -0.3 is 34.7 Å². The molecule has 1 aliphatic heterocycles. The number of nitrogens with zero attached hydrogens (tertiary/aromatic N) is 1. The molecule has 0 saturated carbocycles. The average molecular weight is 321 g/mol. The molecule has 0 unspecified atom stereocenters. The predicted molar refractivity (Wildman–Crippen MR) is 59.5 cm³/mol. The van der Waals surface area contributed by atoms with Gasteiger partial charge in [0, 0.05) is 13.0 Å². The van der Waals surface area contributed by atoms with Gasteiger partial charge in [0.25, 0.3) is 0 Å². The second kappa shape index (κ2) is 6.47. The Bertz CT molecular complexity index is 411. The van der Waals surface area contributed by atoms with E-state index in [4.69, 9.17) is 34.6 Å². The Morgan fingerprint density at radius 1 is 1.11 bits per heavy atom. The molecule has 11 nitrogen and oxygen atoms in total. The largest absolute Gasteiger partial charge is 0.503 e. The van der Waals surface area contributed by atoms with Crippen molar-refractivity contribution in [2.24, 2.45) is 0 Å². The van der Waals surface area contributed by atoms with Gasteiger partial charge in [-0.15, -0.1) is 0 Å². The molecule has 0 aromatic carbocycles. The molecule has 0 spiro atoms. The van der Waals surface area contributed by atoms with E-state index in [-0.39, 0.29) is 13.0 Å². The summed E-state index contributed by atoms with van der Waals surface area (Å²) in [5, 5.41) is 13.9. The zero-order chi connectivity index (χ0) is 15.4. The second-order valence-electron chi connectivity index (χ2n) is 3.50. The number of hydrogen-bond acceptors (Lipinski definition) is 4. The van der Waals surface area contributed by atoms with Gasteiger partial charge in [-0.3, -0.25) is 13.9 Å². The lowest BCUT2D eigenvalue weighted by molar-refractivity contribution is -0.127. The van der Waals surface area contributed by atoms with Crippen LogP contribution in [0.25, 0.3) is 0 Å². The zero-order valence-corrected chi connectivity index (χ0v) is 11.1. The number of rotatable bonds is 3. The van der Waals surface area contributed by atoms with Crippen LogP contribution in [-0.2, 0) is 13.9 Å². The lowest BCUT2D eigenvalue weighted by Gasteiger charge is -2.28. The molecule has 0 aliphatic carbocycles. The third kappa shape index (κ3) is 6.15. The van der Waals surface area contributed by atoms with Gasteiger partial charge in [-0.2, -0.15) is 0 Å². The summed E-state index contributed by atoms with van der Waals surface area (Å²) in [6, 6.07) is 0. The van der Waals surface area contributed by atoms with Gasteiger partial charge in [0.05, 0.1) is 0 Å². The minimum absolute atomic E-state index is 0.0419. The highest BCUT2D eigenvalue weighted by molar-refractivity contribution is 7.70. The Morgan fingerprint density at radius 2 is 1.47 bits per heavy atom. The third-order valence-corrected chi connectivity index (χ3v) is 5.56. The van der Waals surface area contributed by atoms with Crippen LogP contribution in [0.4, 0.5) is 4.79 Å². The van der Waals surface area contributed by atoms with Gasteiger partial charge >= 0.3 is 21.3 Å². The number of carbonyl (C=O) groups excluding carboxylic acids is 1. The number of hydrogen-bond donors (Lipinski definition) is 6. The van der Waals surface area contributed by atoms with Gasteiger partial charge in [0.1, 0.15) is 0 Å². The summed E-state index contributed by atoms with van der Waals surface area (Å²) in [4.78, 5) is 55.5. The van der Waals surface area contributed by atoms with Crippen molar-refractivity contribution in [3.05, 3.63) is 0 Å². The van der Waals surface area contributed by atoms with E-state index in [2.05, 4.69) is 0 Å². The van der Waals surface area contributed by atoms with E-state index in [9.17, 15) is 13.9 Å². The van der Waals surface area contributed by atoms with Crippen LogP contribution in [0, 0.1) is 0 Å². The van der Waals surface area contributed by atoms with Crippen molar-refractivity contribution in [3.63, 3.8) is 0 Å². The molecule has 1 saturated heterocycles. The standard InChI is InChI=1S/C5H11NO7P2.CH2O3/c7-4-2-1-3-6(4)5(14(8,9)10)15(11,12)13;2-1(3)4/h5H,1-3H2,(H2,8,9,10)(H2,11,12,13);(H2,2,3,4). The number of carboxylic acid groups (broad SMARTS) is 2. The highest BCUT2D eigenvalue weighted by atomic mass is 31.2. The van der Waals surface area contributed by atoms with E-state index in [1.807, 2.05) is 0 Å². The highest BCUT2D eigenvalue weighted by Gasteiger charge is 2.50. The molecule has 0 radical (unpaired) electrons. The summed E-state index contributed by atoms with van der Waals surface area (Å²) in [7, 11) is -10.1. The first-order valence-electron chi connectivity index (χ1n) is 4.69. The Balaban J connectivity index is 0.000000711. The van der Waals surface area contributed by atoms with Gasteiger partial charge in [-0.25, -0.2) is 4.79 Å². The Kier molecular flexibility index (Phi) is 6.14. The molecule has 1 amide bonds. The normalized spacial score (nSPS) is 16.3. The third-order valence-electron chi connectivity index (χ3n) is 1.99. The van der Waals surface area contributed by atoms with Gasteiger partial charge in [0.2, 0.25) is 11.4 Å². The Morgan fingerprint density at radius 3 is 1.68 bits per heavy atom. The van der Waals surface area contributed by atoms with Crippen LogP contribution in [0.15, 0.2) is 0 Å². The smallest absolute Gasteiger partial charge is 0.450 e. The lowest BCUT2D eigenvalue weighted by Crippen LogP contribution is -2.35. The van der Waals surface area contributed by atoms with E-state index in [0.29, 0.717) is 11.3 Å². The minimum atomic E-state index is -5.04. The molecule has 0 bridgehead atoms. The molecule has 13 heteroatoms. The van der Waals surface area contributed by atoms with Crippen molar-refractivity contribution in [2.75, 3.05) is 6.54 Å². The summed E-state index contributed by atoms with van der Waals surface area (Å²) >= 11 is 0. The first kappa shape index (κ1) is 18.0. The maximum atomic E-state index is 11.1. The maximum Gasteiger partial charge on any atom is 0.503 e. The number of likely N-dealkylation sites (tertiary alicyclic amines) is 1. The summed E-state index contributed by atoms with van der Waals surface area (Å²) in [5.41, 5.74) is -2.33. The van der Waals surface area contributed by atoms with Crippen molar-refractivity contribution in [1.29, 1.82) is 0 Å². The minimum Gasteiger partial charge on any atom is -0.450 e. The summed E-state index contributed by atoms with van der Waals surface area (Å²) < 4.78 is 21.8. The van der Waals surface area contributed by atoms with E-state index in [0.717, 1.165) is 0 Å². The first-order valence-corrected chi connectivity index (χ1v) is 8.05. The molecule has 1 heterocycles. The summed E-state index contributed by atoms with van der Waals surface area (Å²) in [6.45, 7) is -0.0419. The van der Waals surface area contributed by atoms with Gasteiger partial charge in [-0.1, -0.05) is 0 Å². The Hall–Kier alpha value is -0.960. The molecule has 0 aromatic rings. The number of amides is 1. The quantitative estimate of drug-likeness (QED) is 0.368. The molecule has 19 heavy (non-hydrogen) atoms. The fourth-order valence-electron chi connectivity index (χ4n) is 1.47. The van der Waals surface area contributed by atoms with Crippen LogP contribution in [0.2, 0.25) is 0 Å². The van der Waals surface area contributed by atoms with Crippen molar-refractivity contribution < 1.29 is 48.5 Å². The fourth-order valence-corrected chi connectivity index (χ4v) is 4.25. The van der Waals surface area contributed by atoms with Crippen molar-refractivity contribution in [3.8, 4) is 0 Å². The van der Waals surface area contributed by atoms with Crippen molar-refractivity contribution in [2.45, 2.75) is 18.4 Å². The number of carbonyl (C=O) groups is 2. The lowest BCUT2D eigenvalue weighted by atomic mass is 10.4. The van der Waals surface area contributed by atoms with Gasteiger partial charge in [0.15, 0.2) is 0 Å². The molecule has 1 rings (SSSR count). The van der Waals surface area contributed by atoms with E-state index in [1.54, 1.807) is 0 Å². The average Bonchev–Trinajstić information content (AvgIpc) is 2.45. The zero-order valence-electron chi connectivity index (χ0n) is 9.36. The van der Waals surface area contributed by atoms with Crippen molar-refractivity contribution >= 4 is 27.3 Å². The fraction of sp³-hybridized carbons (Fsp3) is 0.667. The molecule has 1 fully saturated rings. The molecule has 6 N–H and O–H groups in total. The van der Waals surface area contributed by atoms with Crippen LogP contribution >= 0.6 is 15.2 Å². The molecule has 112 valence electrons. The SMILES string of the molecule is O=C(O)O.O=C1CCCN1C(P(=O)(O)O)P(=O)(O)O. The molecule has 1 aliphatic rings. The highest BCUT2D eigenvalue weighted by Crippen LogP contribution is 2.61. The van der Waals surface area contributed by atoms with Crippen LogP contribution < -0.4 is 0 Å². The van der Waals surface area contributed by atoms with E-state index in [1.165, 1.54) is 0 Å². The van der Waals surface area contributed by atoms with Crippen LogP contribution in [0.5, 0.6) is 0 Å². The van der Waals surface area contributed by atoms with Crippen molar-refractivity contribution in [1.82, 2.24) is 4.90 Å².